The molecule has 0 fully saturated rings. The normalized spacial score (nSPS) is 12.3. The summed E-state index contributed by atoms with van der Waals surface area (Å²) in [5.41, 5.74) is 3.58. The van der Waals surface area contributed by atoms with E-state index < -0.39 is 0 Å². The van der Waals surface area contributed by atoms with Gasteiger partial charge < -0.3 is 15.4 Å². The molecule has 0 aliphatic carbocycles. The summed E-state index contributed by atoms with van der Waals surface area (Å²) in [5, 5.41) is 11.1. The largest absolute Gasteiger partial charge is 0.490 e. The Morgan fingerprint density at radius 2 is 2.15 bits per heavy atom. The van der Waals surface area contributed by atoms with Gasteiger partial charge in [-0.1, -0.05) is 0 Å². The molecule has 0 amide bonds. The minimum atomic E-state index is 0. The number of ether oxygens (including phenoxy) is 1. The summed E-state index contributed by atoms with van der Waals surface area (Å²) in [6.45, 7) is 7.50. The van der Waals surface area contributed by atoms with E-state index in [1.54, 1.807) is 19.4 Å². The summed E-state index contributed by atoms with van der Waals surface area (Å²) in [4.78, 5) is 8.29. The van der Waals surface area contributed by atoms with Crippen LogP contribution < -0.4 is 15.4 Å². The van der Waals surface area contributed by atoms with Gasteiger partial charge in [0.15, 0.2) is 5.96 Å². The molecule has 0 saturated heterocycles. The molecule has 26 heavy (non-hydrogen) atoms. The van der Waals surface area contributed by atoms with Gasteiger partial charge in [-0.05, 0) is 44.9 Å². The van der Waals surface area contributed by atoms with Crippen molar-refractivity contribution >= 4 is 29.9 Å². The van der Waals surface area contributed by atoms with Crippen LogP contribution in [0.15, 0.2) is 29.5 Å². The average Bonchev–Trinajstić information content (AvgIpc) is 2.84. The summed E-state index contributed by atoms with van der Waals surface area (Å²) >= 11 is 0. The van der Waals surface area contributed by atoms with E-state index in [1.807, 2.05) is 23.9 Å². The highest BCUT2D eigenvalue weighted by Gasteiger charge is 2.13. The monoisotopic (exact) mass is 472 g/mol. The third kappa shape index (κ3) is 6.47. The van der Waals surface area contributed by atoms with Crippen LogP contribution in [-0.2, 0) is 13.5 Å². The summed E-state index contributed by atoms with van der Waals surface area (Å²) < 4.78 is 7.55. The molecule has 0 spiro atoms. The third-order valence-corrected chi connectivity index (χ3v) is 4.07. The molecule has 2 aromatic heterocycles. The van der Waals surface area contributed by atoms with E-state index in [4.69, 9.17) is 4.74 Å². The fraction of sp³-hybridized carbons (Fsp3) is 0.500. The van der Waals surface area contributed by atoms with Crippen molar-refractivity contribution in [1.82, 2.24) is 25.4 Å². The van der Waals surface area contributed by atoms with Gasteiger partial charge in [-0.25, -0.2) is 0 Å². The number of hydrogen-bond donors (Lipinski definition) is 2. The first kappa shape index (κ1) is 22.2. The maximum Gasteiger partial charge on any atom is 0.191 e. The zero-order chi connectivity index (χ0) is 18.2. The van der Waals surface area contributed by atoms with Crippen molar-refractivity contribution in [2.24, 2.45) is 12.0 Å². The fourth-order valence-corrected chi connectivity index (χ4v) is 2.67. The van der Waals surface area contributed by atoms with Crippen molar-refractivity contribution in [1.29, 1.82) is 0 Å². The summed E-state index contributed by atoms with van der Waals surface area (Å²) in [6, 6.07) is 3.99. The maximum atomic E-state index is 5.62. The molecule has 0 aliphatic rings. The zero-order valence-electron chi connectivity index (χ0n) is 16.1. The SMILES string of the molecule is CN=C(NCCOc1cccnc1)NC(C)Cc1c(C)nn(C)c1C.I. The number of nitrogens with zero attached hydrogens (tertiary/aromatic N) is 4. The van der Waals surface area contributed by atoms with Crippen LogP contribution >= 0.6 is 24.0 Å². The first-order chi connectivity index (χ1) is 12.0. The maximum absolute atomic E-state index is 5.62. The molecule has 0 radical (unpaired) electrons. The molecule has 1 atom stereocenters. The number of guanidine groups is 1. The molecule has 0 saturated carbocycles. The van der Waals surface area contributed by atoms with Gasteiger partial charge in [0.1, 0.15) is 12.4 Å². The molecule has 2 rings (SSSR count). The second-order valence-corrected chi connectivity index (χ2v) is 6.06. The first-order valence-electron chi connectivity index (χ1n) is 8.50. The second-order valence-electron chi connectivity index (χ2n) is 6.06. The highest BCUT2D eigenvalue weighted by molar-refractivity contribution is 14.0. The van der Waals surface area contributed by atoms with Crippen LogP contribution in [0.4, 0.5) is 0 Å². The topological polar surface area (TPSA) is 76.4 Å². The Morgan fingerprint density at radius 3 is 2.73 bits per heavy atom. The quantitative estimate of drug-likeness (QED) is 0.280. The minimum absolute atomic E-state index is 0. The van der Waals surface area contributed by atoms with E-state index in [2.05, 4.69) is 46.5 Å². The molecule has 144 valence electrons. The molecule has 0 bridgehead atoms. The fourth-order valence-electron chi connectivity index (χ4n) is 2.67. The van der Waals surface area contributed by atoms with Crippen LogP contribution in [0.1, 0.15) is 23.9 Å². The van der Waals surface area contributed by atoms with Crippen LogP contribution in [0.25, 0.3) is 0 Å². The number of aliphatic imine (C=N–C) groups is 1. The van der Waals surface area contributed by atoms with E-state index in [-0.39, 0.29) is 30.0 Å². The average molecular weight is 472 g/mol. The predicted molar refractivity (Wildman–Crippen MR) is 115 cm³/mol. The molecule has 8 heteroatoms. The van der Waals surface area contributed by atoms with Crippen molar-refractivity contribution in [2.75, 3.05) is 20.2 Å². The Balaban J connectivity index is 0.00000338. The van der Waals surface area contributed by atoms with Gasteiger partial charge in [0.2, 0.25) is 0 Å². The Morgan fingerprint density at radius 1 is 1.38 bits per heavy atom. The van der Waals surface area contributed by atoms with Gasteiger partial charge in [-0.2, -0.15) is 5.10 Å². The van der Waals surface area contributed by atoms with Crippen LogP contribution in [0.3, 0.4) is 0 Å². The molecule has 2 N–H and O–H groups in total. The van der Waals surface area contributed by atoms with Gasteiger partial charge in [0.05, 0.1) is 18.4 Å². The van der Waals surface area contributed by atoms with Crippen LogP contribution in [0.2, 0.25) is 0 Å². The van der Waals surface area contributed by atoms with E-state index in [1.165, 1.54) is 11.3 Å². The van der Waals surface area contributed by atoms with Gasteiger partial charge in [0, 0.05) is 32.0 Å². The smallest absolute Gasteiger partial charge is 0.191 e. The summed E-state index contributed by atoms with van der Waals surface area (Å²) in [6.07, 6.45) is 4.33. The lowest BCUT2D eigenvalue weighted by atomic mass is 10.1. The molecule has 7 nitrogen and oxygen atoms in total. The first-order valence-corrected chi connectivity index (χ1v) is 8.50. The predicted octanol–water partition coefficient (Wildman–Crippen LogP) is 2.22. The Hall–Kier alpha value is -1.84. The van der Waals surface area contributed by atoms with Gasteiger partial charge in [0.25, 0.3) is 0 Å². The minimum Gasteiger partial charge on any atom is -0.490 e. The lowest BCUT2D eigenvalue weighted by molar-refractivity contribution is 0.320. The number of hydrogen-bond acceptors (Lipinski definition) is 4. The lowest BCUT2D eigenvalue weighted by Crippen LogP contribution is -2.44. The number of nitrogens with one attached hydrogen (secondary N) is 2. The summed E-state index contributed by atoms with van der Waals surface area (Å²) in [7, 11) is 3.75. The number of rotatable bonds is 7. The number of pyridine rings is 1. The zero-order valence-corrected chi connectivity index (χ0v) is 18.4. The highest BCUT2D eigenvalue weighted by Crippen LogP contribution is 2.14. The lowest BCUT2D eigenvalue weighted by Gasteiger charge is -2.18. The van der Waals surface area contributed by atoms with E-state index in [9.17, 15) is 0 Å². The van der Waals surface area contributed by atoms with Crippen LogP contribution in [0.5, 0.6) is 5.75 Å². The molecule has 1 unspecified atom stereocenters. The summed E-state index contributed by atoms with van der Waals surface area (Å²) in [5.74, 6) is 1.53. The number of aromatic nitrogens is 3. The molecule has 0 aromatic carbocycles. The Bertz CT molecular complexity index is 701. The van der Waals surface area contributed by atoms with E-state index in [0.717, 1.165) is 23.8 Å². The van der Waals surface area contributed by atoms with Crippen molar-refractivity contribution < 1.29 is 4.74 Å². The van der Waals surface area contributed by atoms with Crippen molar-refractivity contribution in [3.8, 4) is 5.75 Å². The van der Waals surface area contributed by atoms with Gasteiger partial charge >= 0.3 is 0 Å². The van der Waals surface area contributed by atoms with Crippen molar-refractivity contribution in [2.45, 2.75) is 33.2 Å². The molecule has 2 aromatic rings. The molecular weight excluding hydrogens is 443 g/mol. The van der Waals surface area contributed by atoms with Gasteiger partial charge in [-0.15, -0.1) is 24.0 Å². The van der Waals surface area contributed by atoms with Crippen LogP contribution in [-0.4, -0.2) is 47.0 Å². The Labute approximate surface area is 172 Å². The van der Waals surface area contributed by atoms with E-state index in [0.29, 0.717) is 13.2 Å². The second kappa shape index (κ2) is 11.0. The van der Waals surface area contributed by atoms with E-state index >= 15 is 0 Å². The molecule has 2 heterocycles. The molecular formula is C18H29IN6O. The number of aryl methyl sites for hydroxylation is 2. The Kier molecular flexibility index (Phi) is 9.39. The molecule has 0 aliphatic heterocycles. The highest BCUT2D eigenvalue weighted by atomic mass is 127. The van der Waals surface area contributed by atoms with Crippen molar-refractivity contribution in [3.05, 3.63) is 41.5 Å². The van der Waals surface area contributed by atoms with Crippen molar-refractivity contribution in [3.63, 3.8) is 0 Å². The number of halogens is 1. The third-order valence-electron chi connectivity index (χ3n) is 4.07. The van der Waals surface area contributed by atoms with Crippen LogP contribution in [0, 0.1) is 13.8 Å². The van der Waals surface area contributed by atoms with Gasteiger partial charge in [-0.3, -0.25) is 14.7 Å². The standard InChI is InChI=1S/C18H28N6O.HI/c1-13(11-17-14(2)23-24(5)15(17)3)22-18(19-4)21-9-10-25-16-7-6-8-20-12-16;/h6-8,12-13H,9-11H2,1-5H3,(H2,19,21,22);1H.